The van der Waals surface area contributed by atoms with Crippen LogP contribution in [0.4, 0.5) is 0 Å². The van der Waals surface area contributed by atoms with Crippen molar-refractivity contribution in [2.24, 2.45) is 0 Å². The van der Waals surface area contributed by atoms with Crippen molar-refractivity contribution in [3.8, 4) is 0 Å². The molecule has 0 N–H and O–H groups in total. The van der Waals surface area contributed by atoms with Crippen molar-refractivity contribution < 1.29 is 0 Å². The van der Waals surface area contributed by atoms with E-state index in [0.717, 1.165) is 11.1 Å². The molecule has 0 aliphatic heterocycles. The van der Waals surface area contributed by atoms with Gasteiger partial charge in [0.15, 0.2) is 0 Å². The average Bonchev–Trinajstić information content (AvgIpc) is 1.37. The van der Waals surface area contributed by atoms with Crippen LogP contribution >= 0.6 is 12.6 Å². The van der Waals surface area contributed by atoms with Crippen molar-refractivity contribution in [2.45, 2.75) is 5.32 Å². The molecule has 0 aromatic carbocycles. The van der Waals surface area contributed by atoms with Gasteiger partial charge in [0.25, 0.3) is 0 Å². The Bertz CT molecular complexity index is 8.00. The predicted octanol–water partition coefficient (Wildman–Crippen LogP) is 0.235. The zero-order valence-corrected chi connectivity index (χ0v) is 5.08. The first-order valence-corrected chi connectivity index (χ1v) is 3.09. The fraction of sp³-hybridized carbons (Fsp3) is 1.00. The zero-order chi connectivity index (χ0) is 3.41. The maximum atomic E-state index is 3.90. The molecule has 0 saturated heterocycles. The topological polar surface area (TPSA) is 0 Å². The molecule has 0 rings (SSSR count). The van der Waals surface area contributed by atoms with Gasteiger partial charge in [0, 0.05) is 0 Å². The molecule has 26 valence electrons. The molecule has 0 heterocycles. The molecule has 0 aromatic rings. The van der Waals surface area contributed by atoms with E-state index in [4.69, 9.17) is 0 Å². The summed E-state index contributed by atoms with van der Waals surface area (Å²) >= 11 is 6.36. The third kappa shape index (κ3) is 2.87. The van der Waals surface area contributed by atoms with Crippen LogP contribution < -0.4 is 0 Å². The van der Waals surface area contributed by atoms with Gasteiger partial charge in [-0.05, 0) is 0 Å². The van der Waals surface area contributed by atoms with E-state index in [9.17, 15) is 0 Å². The van der Waals surface area contributed by atoms with Crippen molar-refractivity contribution in [3.63, 3.8) is 0 Å². The van der Waals surface area contributed by atoms with E-state index < -0.39 is 0 Å². The summed E-state index contributed by atoms with van der Waals surface area (Å²) < 4.78 is 0. The minimum atomic E-state index is 0.986. The Morgan fingerprint density at radius 1 is 1.75 bits per heavy atom. The molecule has 0 aliphatic rings. The second-order valence-electron chi connectivity index (χ2n) is 0.447. The molecular formula is C2H6SSe. The number of hydrogen-bond donors (Lipinski definition) is 1. The zero-order valence-electron chi connectivity index (χ0n) is 2.31. The first-order chi connectivity index (χ1) is 1.91. The third-order valence-corrected chi connectivity index (χ3v) is 1.56. The van der Waals surface area contributed by atoms with Crippen LogP contribution in [0.1, 0.15) is 0 Å². The van der Waals surface area contributed by atoms with Crippen molar-refractivity contribution in [1.82, 2.24) is 0 Å². The van der Waals surface area contributed by atoms with E-state index in [0.29, 0.717) is 0 Å². The molecule has 0 saturated carbocycles. The molecule has 0 fully saturated rings. The Morgan fingerprint density at radius 2 is 2.00 bits per heavy atom. The van der Waals surface area contributed by atoms with Crippen molar-refractivity contribution in [1.29, 1.82) is 0 Å². The first-order valence-electron chi connectivity index (χ1n) is 1.13. The maximum absolute atomic E-state index is 3.90. The standard InChI is InChI=1S/C2H6SSe/c3-1-2-4/h3-4H,1-2H2. The molecule has 0 bridgehead atoms. The van der Waals surface area contributed by atoms with Gasteiger partial charge in [-0.2, -0.15) is 0 Å². The summed E-state index contributed by atoms with van der Waals surface area (Å²) in [6.07, 6.45) is 0. The van der Waals surface area contributed by atoms with Crippen LogP contribution in [0.15, 0.2) is 0 Å². The van der Waals surface area contributed by atoms with Crippen molar-refractivity contribution in [3.05, 3.63) is 0 Å². The van der Waals surface area contributed by atoms with Crippen molar-refractivity contribution in [2.75, 3.05) is 5.75 Å². The quantitative estimate of drug-likeness (QED) is 0.392. The fourth-order valence-electron chi connectivity index (χ4n) is 0. The second-order valence-corrected chi connectivity index (χ2v) is 1.83. The molecule has 0 nitrogen and oxygen atoms in total. The number of rotatable bonds is 1. The number of thiol groups is 1. The monoisotopic (exact) mass is 142 g/mol. The molecule has 0 amide bonds. The SMILES string of the molecule is SCC[SeH]. The molecule has 4 heavy (non-hydrogen) atoms. The summed E-state index contributed by atoms with van der Waals surface area (Å²) in [6, 6.07) is 0. The summed E-state index contributed by atoms with van der Waals surface area (Å²) in [5.74, 6) is 0.986. The van der Waals surface area contributed by atoms with Crippen LogP contribution in [-0.2, 0) is 0 Å². The molecule has 0 atom stereocenters. The van der Waals surface area contributed by atoms with Crippen LogP contribution in [0.5, 0.6) is 0 Å². The van der Waals surface area contributed by atoms with Gasteiger partial charge in [0.1, 0.15) is 0 Å². The van der Waals surface area contributed by atoms with Crippen LogP contribution in [0.3, 0.4) is 0 Å². The summed E-state index contributed by atoms with van der Waals surface area (Å²) in [6.45, 7) is 0. The molecule has 0 aromatic heterocycles. The molecule has 0 radical (unpaired) electrons. The second kappa shape index (κ2) is 3.87. The van der Waals surface area contributed by atoms with Crippen LogP contribution in [0, 0.1) is 0 Å². The van der Waals surface area contributed by atoms with E-state index in [1.807, 2.05) is 0 Å². The predicted molar refractivity (Wildman–Crippen MR) is 25.8 cm³/mol. The van der Waals surface area contributed by atoms with Crippen LogP contribution in [0.25, 0.3) is 0 Å². The summed E-state index contributed by atoms with van der Waals surface area (Å²) in [7, 11) is 0. The molecule has 0 unspecified atom stereocenters. The van der Waals surface area contributed by atoms with Gasteiger partial charge < -0.3 is 0 Å². The fourth-order valence-corrected chi connectivity index (χ4v) is 0. The van der Waals surface area contributed by atoms with Gasteiger partial charge in [-0.1, -0.05) is 0 Å². The van der Waals surface area contributed by atoms with E-state index in [-0.39, 0.29) is 0 Å². The molecule has 0 spiro atoms. The Hall–Kier alpha value is 0.869. The van der Waals surface area contributed by atoms with Crippen molar-refractivity contribution >= 4 is 28.6 Å². The Kier molecular flexibility index (Phi) is 4.71. The van der Waals surface area contributed by atoms with Gasteiger partial charge in [0.05, 0.1) is 0 Å². The summed E-state index contributed by atoms with van der Waals surface area (Å²) in [5.41, 5.74) is 0. The number of hydrogen-bond acceptors (Lipinski definition) is 1. The summed E-state index contributed by atoms with van der Waals surface area (Å²) in [4.78, 5) is 0. The van der Waals surface area contributed by atoms with Crippen LogP contribution in [-0.4, -0.2) is 21.8 Å². The van der Waals surface area contributed by atoms with Gasteiger partial charge in [-0.3, -0.25) is 0 Å². The normalized spacial score (nSPS) is 7.50. The summed E-state index contributed by atoms with van der Waals surface area (Å²) in [5, 5.41) is 1.12. The van der Waals surface area contributed by atoms with Gasteiger partial charge in [0.2, 0.25) is 0 Å². The van der Waals surface area contributed by atoms with E-state index >= 15 is 0 Å². The molecular weight excluding hydrogens is 135 g/mol. The van der Waals surface area contributed by atoms with E-state index in [1.165, 1.54) is 0 Å². The first kappa shape index (κ1) is 4.87. The Labute approximate surface area is 40.2 Å². The van der Waals surface area contributed by atoms with E-state index in [2.05, 4.69) is 28.6 Å². The third-order valence-electron chi connectivity index (χ3n) is 0.1000. The van der Waals surface area contributed by atoms with Gasteiger partial charge >= 0.3 is 39.7 Å². The Balaban J connectivity index is 1.97. The Morgan fingerprint density at radius 3 is 2.00 bits per heavy atom. The van der Waals surface area contributed by atoms with Gasteiger partial charge in [-0.15, -0.1) is 0 Å². The minimum absolute atomic E-state index is 0.986. The average molecular weight is 141 g/mol. The van der Waals surface area contributed by atoms with Crippen LogP contribution in [0.2, 0.25) is 5.32 Å². The molecule has 0 aliphatic carbocycles. The molecule has 2 heteroatoms. The van der Waals surface area contributed by atoms with Gasteiger partial charge in [-0.25, -0.2) is 0 Å². The van der Waals surface area contributed by atoms with E-state index in [1.54, 1.807) is 0 Å².